The van der Waals surface area contributed by atoms with Crippen molar-refractivity contribution in [3.05, 3.63) is 95.0 Å². The van der Waals surface area contributed by atoms with Gasteiger partial charge in [0.15, 0.2) is 0 Å². The maximum absolute atomic E-state index is 12.0. The molecule has 0 heterocycles. The molecule has 7 heteroatoms. The lowest BCUT2D eigenvalue weighted by molar-refractivity contribution is -0.136. The van der Waals surface area contributed by atoms with Crippen LogP contribution in [0.25, 0.3) is 0 Å². The van der Waals surface area contributed by atoms with E-state index in [1.807, 2.05) is 30.3 Å². The van der Waals surface area contributed by atoms with E-state index in [2.05, 4.69) is 15.8 Å². The third-order valence-electron chi connectivity index (χ3n) is 3.84. The van der Waals surface area contributed by atoms with Crippen LogP contribution in [0.2, 0.25) is 5.02 Å². The number of amides is 2. The van der Waals surface area contributed by atoms with Crippen LogP contribution >= 0.6 is 11.6 Å². The molecule has 146 valence electrons. The molecule has 0 saturated heterocycles. The number of rotatable bonds is 6. The van der Waals surface area contributed by atoms with Crippen LogP contribution in [0, 0.1) is 0 Å². The zero-order valence-corrected chi connectivity index (χ0v) is 16.1. The first-order chi connectivity index (χ1) is 14.1. The van der Waals surface area contributed by atoms with Crippen molar-refractivity contribution >= 4 is 35.3 Å². The smallest absolute Gasteiger partial charge is 0.329 e. The topological polar surface area (TPSA) is 79.8 Å². The van der Waals surface area contributed by atoms with Crippen LogP contribution in [0.3, 0.4) is 0 Å². The van der Waals surface area contributed by atoms with Crippen LogP contribution in [0.1, 0.15) is 11.1 Å². The molecule has 0 radical (unpaired) electrons. The average molecular weight is 408 g/mol. The number of hydrogen-bond acceptors (Lipinski definition) is 4. The van der Waals surface area contributed by atoms with Crippen LogP contribution < -0.4 is 15.5 Å². The van der Waals surface area contributed by atoms with E-state index in [1.54, 1.807) is 48.5 Å². The van der Waals surface area contributed by atoms with Crippen molar-refractivity contribution in [1.82, 2.24) is 5.43 Å². The number of nitrogens with zero attached hydrogens (tertiary/aromatic N) is 1. The molecule has 3 aromatic carbocycles. The molecule has 0 fully saturated rings. The third-order valence-corrected chi connectivity index (χ3v) is 4.19. The molecule has 3 rings (SSSR count). The first-order valence-electron chi connectivity index (χ1n) is 8.77. The maximum Gasteiger partial charge on any atom is 0.329 e. The Kier molecular flexibility index (Phi) is 6.97. The number of carbonyl (C=O) groups excluding carboxylic acids is 2. The largest absolute Gasteiger partial charge is 0.489 e. The Labute approximate surface area is 173 Å². The fourth-order valence-corrected chi connectivity index (χ4v) is 2.54. The lowest BCUT2D eigenvalue weighted by Crippen LogP contribution is -2.32. The van der Waals surface area contributed by atoms with Crippen molar-refractivity contribution < 1.29 is 14.3 Å². The van der Waals surface area contributed by atoms with Gasteiger partial charge in [0.25, 0.3) is 0 Å². The van der Waals surface area contributed by atoms with Gasteiger partial charge in [-0.2, -0.15) is 5.10 Å². The van der Waals surface area contributed by atoms with Crippen LogP contribution in [0.15, 0.2) is 84.0 Å². The number of anilines is 1. The highest BCUT2D eigenvalue weighted by Gasteiger charge is 2.12. The third kappa shape index (κ3) is 6.19. The number of carbonyl (C=O) groups is 2. The second kappa shape index (κ2) is 10.1. The highest BCUT2D eigenvalue weighted by Crippen LogP contribution is 2.17. The van der Waals surface area contributed by atoms with Gasteiger partial charge in [-0.05, 0) is 35.9 Å². The van der Waals surface area contributed by atoms with E-state index in [-0.39, 0.29) is 0 Å². The molecule has 0 unspecified atom stereocenters. The molecular weight excluding hydrogens is 390 g/mol. The van der Waals surface area contributed by atoms with Crippen LogP contribution in [-0.2, 0) is 16.2 Å². The number of ether oxygens (including phenoxy) is 1. The van der Waals surface area contributed by atoms with Gasteiger partial charge in [0.2, 0.25) is 0 Å². The average Bonchev–Trinajstić information content (AvgIpc) is 2.75. The predicted octanol–water partition coefficient (Wildman–Crippen LogP) is 4.01. The fraction of sp³-hybridized carbons (Fsp3) is 0.0455. The van der Waals surface area contributed by atoms with Crippen LogP contribution in [0.4, 0.5) is 5.69 Å². The lowest BCUT2D eigenvalue weighted by Gasteiger charge is -2.08. The second-order valence-corrected chi connectivity index (χ2v) is 6.38. The van der Waals surface area contributed by atoms with E-state index in [0.717, 1.165) is 5.56 Å². The highest BCUT2D eigenvalue weighted by molar-refractivity contribution is 6.39. The Morgan fingerprint density at radius 2 is 1.59 bits per heavy atom. The number of halogens is 1. The van der Waals surface area contributed by atoms with E-state index >= 15 is 0 Å². The molecule has 6 nitrogen and oxygen atoms in total. The monoisotopic (exact) mass is 407 g/mol. The minimum Gasteiger partial charge on any atom is -0.489 e. The summed E-state index contributed by atoms with van der Waals surface area (Å²) < 4.78 is 5.68. The van der Waals surface area contributed by atoms with E-state index in [4.69, 9.17) is 16.3 Å². The standard InChI is InChI=1S/C22H18ClN3O3/c23-20-9-5-4-8-17(20)14-24-26-22(28)21(27)25-18-10-12-19(13-11-18)29-15-16-6-2-1-3-7-16/h1-14H,15H2,(H,25,27)(H,26,28)/b24-14-. The van der Waals surface area contributed by atoms with Gasteiger partial charge in [-0.1, -0.05) is 60.1 Å². The molecular formula is C22H18ClN3O3. The molecule has 0 aliphatic rings. The van der Waals surface area contributed by atoms with Gasteiger partial charge in [-0.25, -0.2) is 5.43 Å². The lowest BCUT2D eigenvalue weighted by atomic mass is 10.2. The summed E-state index contributed by atoms with van der Waals surface area (Å²) in [6.07, 6.45) is 1.37. The Balaban J connectivity index is 1.48. The van der Waals surface area contributed by atoms with E-state index in [1.165, 1.54) is 6.21 Å². The fourth-order valence-electron chi connectivity index (χ4n) is 2.35. The number of benzene rings is 3. The van der Waals surface area contributed by atoms with E-state index in [9.17, 15) is 9.59 Å². The van der Waals surface area contributed by atoms with Gasteiger partial charge in [-0.15, -0.1) is 0 Å². The minimum absolute atomic E-state index is 0.443. The van der Waals surface area contributed by atoms with Crippen molar-refractivity contribution in [2.45, 2.75) is 6.61 Å². The molecule has 0 saturated carbocycles. The van der Waals surface area contributed by atoms with Crippen LogP contribution in [0.5, 0.6) is 5.75 Å². The van der Waals surface area contributed by atoms with E-state index in [0.29, 0.717) is 28.6 Å². The predicted molar refractivity (Wildman–Crippen MR) is 113 cm³/mol. The summed E-state index contributed by atoms with van der Waals surface area (Å²) in [4.78, 5) is 23.8. The normalized spacial score (nSPS) is 10.5. The molecule has 3 aromatic rings. The van der Waals surface area contributed by atoms with Crippen molar-refractivity contribution in [1.29, 1.82) is 0 Å². The van der Waals surface area contributed by atoms with Crippen LogP contribution in [-0.4, -0.2) is 18.0 Å². The Bertz CT molecular complexity index is 1010. The molecule has 0 bridgehead atoms. The quantitative estimate of drug-likeness (QED) is 0.368. The molecule has 0 aliphatic heterocycles. The summed E-state index contributed by atoms with van der Waals surface area (Å²) in [5.74, 6) is -1.07. The molecule has 0 aromatic heterocycles. The van der Waals surface area contributed by atoms with E-state index < -0.39 is 11.8 Å². The molecule has 2 N–H and O–H groups in total. The Hall–Kier alpha value is -3.64. The van der Waals surface area contributed by atoms with Crippen molar-refractivity contribution in [2.24, 2.45) is 5.10 Å². The number of hydrazone groups is 1. The van der Waals surface area contributed by atoms with Crippen molar-refractivity contribution in [3.8, 4) is 5.75 Å². The number of nitrogens with one attached hydrogen (secondary N) is 2. The summed E-state index contributed by atoms with van der Waals surface area (Å²) in [5, 5.41) is 6.73. The highest BCUT2D eigenvalue weighted by atomic mass is 35.5. The Morgan fingerprint density at radius 1 is 0.897 bits per heavy atom. The van der Waals surface area contributed by atoms with Crippen molar-refractivity contribution in [3.63, 3.8) is 0 Å². The first kappa shape index (κ1) is 20.1. The zero-order valence-electron chi connectivity index (χ0n) is 15.3. The maximum atomic E-state index is 12.0. The van der Waals surface area contributed by atoms with Gasteiger partial charge in [0.1, 0.15) is 12.4 Å². The SMILES string of the molecule is O=C(N/N=C\c1ccccc1Cl)C(=O)Nc1ccc(OCc2ccccc2)cc1. The first-order valence-corrected chi connectivity index (χ1v) is 9.15. The second-order valence-electron chi connectivity index (χ2n) is 5.97. The van der Waals surface area contributed by atoms with Gasteiger partial charge in [-0.3, -0.25) is 9.59 Å². The summed E-state index contributed by atoms with van der Waals surface area (Å²) >= 11 is 5.99. The zero-order chi connectivity index (χ0) is 20.5. The summed E-state index contributed by atoms with van der Waals surface area (Å²) in [5.41, 5.74) is 4.31. The number of hydrogen-bond donors (Lipinski definition) is 2. The van der Waals surface area contributed by atoms with Gasteiger partial charge in [0, 0.05) is 16.3 Å². The minimum atomic E-state index is -0.891. The van der Waals surface area contributed by atoms with Gasteiger partial charge in [0.05, 0.1) is 6.21 Å². The molecule has 2 amide bonds. The summed E-state index contributed by atoms with van der Waals surface area (Å²) in [6.45, 7) is 0.443. The summed E-state index contributed by atoms with van der Waals surface area (Å²) in [6, 6.07) is 23.5. The molecule has 0 spiro atoms. The van der Waals surface area contributed by atoms with Gasteiger partial charge < -0.3 is 10.1 Å². The molecule has 29 heavy (non-hydrogen) atoms. The molecule has 0 atom stereocenters. The summed E-state index contributed by atoms with van der Waals surface area (Å²) in [7, 11) is 0. The van der Waals surface area contributed by atoms with Gasteiger partial charge >= 0.3 is 11.8 Å². The molecule has 0 aliphatic carbocycles. The van der Waals surface area contributed by atoms with Crippen molar-refractivity contribution in [2.75, 3.05) is 5.32 Å². The Morgan fingerprint density at radius 3 is 2.31 bits per heavy atom.